The van der Waals surface area contributed by atoms with Gasteiger partial charge in [0.25, 0.3) is 0 Å². The first-order valence-corrected chi connectivity index (χ1v) is 9.57. The number of ether oxygens (including phenoxy) is 4. The Morgan fingerprint density at radius 3 is 2.66 bits per heavy atom. The molecule has 2 aromatic rings. The summed E-state index contributed by atoms with van der Waals surface area (Å²) >= 11 is 6.01. The quantitative estimate of drug-likeness (QED) is 0.345. The van der Waals surface area contributed by atoms with Crippen LogP contribution in [0.4, 0.5) is 4.79 Å². The van der Waals surface area contributed by atoms with Gasteiger partial charge in [0.1, 0.15) is 5.75 Å². The number of amides is 1. The molecular weight excluding hydrogens is 396 g/mol. The molecule has 0 unspecified atom stereocenters. The molecule has 0 radical (unpaired) electrons. The number of aryl methyl sites for hydroxylation is 1. The maximum Gasteiger partial charge on any atom is 0.427 e. The maximum atomic E-state index is 11.2. The van der Waals surface area contributed by atoms with E-state index in [4.69, 9.17) is 30.5 Å². The summed E-state index contributed by atoms with van der Waals surface area (Å²) in [6.45, 7) is 4.93. The fourth-order valence-electron chi connectivity index (χ4n) is 2.34. The first-order chi connectivity index (χ1) is 14.0. The molecule has 0 heterocycles. The fourth-order valence-corrected chi connectivity index (χ4v) is 2.46. The summed E-state index contributed by atoms with van der Waals surface area (Å²) in [6, 6.07) is 10.9. The lowest BCUT2D eigenvalue weighted by atomic mass is 10.2. The molecule has 8 heteroatoms. The van der Waals surface area contributed by atoms with Gasteiger partial charge in [0.05, 0.1) is 33.1 Å². The van der Waals surface area contributed by atoms with E-state index < -0.39 is 6.09 Å². The molecule has 0 aliphatic rings. The van der Waals surface area contributed by atoms with E-state index in [9.17, 15) is 4.79 Å². The Morgan fingerprint density at radius 2 is 1.93 bits per heavy atom. The number of rotatable bonds is 10. The molecule has 0 aliphatic carbocycles. The Balaban J connectivity index is 1.80. The Labute approximate surface area is 175 Å². The number of hydrogen-bond donors (Lipinski definition) is 1. The lowest BCUT2D eigenvalue weighted by molar-refractivity contribution is 0.152. The molecule has 0 saturated carbocycles. The molecule has 0 saturated heterocycles. The molecule has 1 N–H and O–H groups in total. The minimum atomic E-state index is -0.605. The fraction of sp³-hybridized carbons (Fsp3) is 0.333. The second kappa shape index (κ2) is 11.8. The Morgan fingerprint density at radius 1 is 1.14 bits per heavy atom. The summed E-state index contributed by atoms with van der Waals surface area (Å²) in [4.78, 5) is 11.2. The van der Waals surface area contributed by atoms with Crippen LogP contribution in [0.15, 0.2) is 41.5 Å². The van der Waals surface area contributed by atoms with E-state index in [1.54, 1.807) is 32.2 Å². The van der Waals surface area contributed by atoms with Crippen LogP contribution in [0.5, 0.6) is 17.2 Å². The number of methoxy groups -OCH3 is 1. The summed E-state index contributed by atoms with van der Waals surface area (Å²) < 4.78 is 21.6. The number of nitrogens with one attached hydrogen (secondary N) is 1. The average Bonchev–Trinajstić information content (AvgIpc) is 2.71. The van der Waals surface area contributed by atoms with Crippen molar-refractivity contribution >= 4 is 23.9 Å². The van der Waals surface area contributed by atoms with Crippen LogP contribution in [0.3, 0.4) is 0 Å². The Kier molecular flexibility index (Phi) is 9.11. The van der Waals surface area contributed by atoms with Crippen LogP contribution >= 0.6 is 11.6 Å². The smallest absolute Gasteiger partial charge is 0.427 e. The number of hydrogen-bond acceptors (Lipinski definition) is 6. The third-order valence-electron chi connectivity index (χ3n) is 3.78. The van der Waals surface area contributed by atoms with E-state index >= 15 is 0 Å². The van der Waals surface area contributed by atoms with Gasteiger partial charge in [-0.2, -0.15) is 5.10 Å². The molecule has 0 bridgehead atoms. The molecule has 29 heavy (non-hydrogen) atoms. The standard InChI is InChI=1S/C21H25ClN2O5/c1-4-27-21(25)24-23-14-16-6-9-19(20(13-16)26-3)29-11-5-10-28-17-7-8-18(22)15(2)12-17/h6-9,12-14H,4-5,10-11H2,1-3H3,(H,24,25)/b23-14-. The molecule has 1 amide bonds. The normalized spacial score (nSPS) is 10.6. The van der Waals surface area contributed by atoms with Gasteiger partial charge in [-0.1, -0.05) is 11.6 Å². The Hall–Kier alpha value is -2.93. The number of benzene rings is 2. The van der Waals surface area contributed by atoms with Crippen molar-refractivity contribution in [3.63, 3.8) is 0 Å². The van der Waals surface area contributed by atoms with E-state index in [0.29, 0.717) is 31.1 Å². The van der Waals surface area contributed by atoms with Crippen molar-refractivity contribution in [1.82, 2.24) is 5.43 Å². The van der Waals surface area contributed by atoms with Crippen LogP contribution in [0.25, 0.3) is 0 Å². The van der Waals surface area contributed by atoms with Crippen molar-refractivity contribution in [2.75, 3.05) is 26.9 Å². The lowest BCUT2D eigenvalue weighted by Crippen LogP contribution is -2.18. The largest absolute Gasteiger partial charge is 0.493 e. The highest BCUT2D eigenvalue weighted by Gasteiger charge is 2.06. The van der Waals surface area contributed by atoms with E-state index in [2.05, 4.69) is 10.5 Å². The average molecular weight is 421 g/mol. The SMILES string of the molecule is CCOC(=O)N/N=C\c1ccc(OCCCOc2ccc(Cl)c(C)c2)c(OC)c1. The number of hydrazone groups is 1. The van der Waals surface area contributed by atoms with Crippen molar-refractivity contribution in [2.24, 2.45) is 5.10 Å². The molecule has 0 fully saturated rings. The van der Waals surface area contributed by atoms with E-state index in [0.717, 1.165) is 21.9 Å². The third-order valence-corrected chi connectivity index (χ3v) is 4.20. The van der Waals surface area contributed by atoms with Crippen LogP contribution < -0.4 is 19.6 Å². The van der Waals surface area contributed by atoms with Gasteiger partial charge in [-0.05, 0) is 61.4 Å². The minimum Gasteiger partial charge on any atom is -0.493 e. The van der Waals surface area contributed by atoms with Crippen LogP contribution in [-0.4, -0.2) is 39.2 Å². The van der Waals surface area contributed by atoms with Gasteiger partial charge >= 0.3 is 6.09 Å². The summed E-state index contributed by atoms with van der Waals surface area (Å²) in [5.41, 5.74) is 3.99. The molecule has 7 nitrogen and oxygen atoms in total. The van der Waals surface area contributed by atoms with Gasteiger partial charge in [0.15, 0.2) is 11.5 Å². The summed E-state index contributed by atoms with van der Waals surface area (Å²) in [5.74, 6) is 1.97. The highest BCUT2D eigenvalue weighted by atomic mass is 35.5. The van der Waals surface area contributed by atoms with Crippen molar-refractivity contribution in [1.29, 1.82) is 0 Å². The van der Waals surface area contributed by atoms with Gasteiger partial charge < -0.3 is 18.9 Å². The zero-order valence-electron chi connectivity index (χ0n) is 16.7. The Bertz CT molecular complexity index is 842. The zero-order valence-corrected chi connectivity index (χ0v) is 17.5. The molecule has 156 valence electrons. The van der Waals surface area contributed by atoms with Crippen LogP contribution in [-0.2, 0) is 4.74 Å². The van der Waals surface area contributed by atoms with Crippen LogP contribution in [0.1, 0.15) is 24.5 Å². The van der Waals surface area contributed by atoms with Crippen molar-refractivity contribution in [3.8, 4) is 17.2 Å². The third kappa shape index (κ3) is 7.54. The van der Waals surface area contributed by atoms with Gasteiger partial charge in [-0.25, -0.2) is 10.2 Å². The first-order valence-electron chi connectivity index (χ1n) is 9.19. The van der Waals surface area contributed by atoms with Gasteiger partial charge in [-0.3, -0.25) is 0 Å². The van der Waals surface area contributed by atoms with Crippen molar-refractivity contribution in [3.05, 3.63) is 52.5 Å². The number of halogens is 1. The van der Waals surface area contributed by atoms with Gasteiger partial charge in [0.2, 0.25) is 0 Å². The summed E-state index contributed by atoms with van der Waals surface area (Å²) in [5, 5.41) is 4.54. The topological polar surface area (TPSA) is 78.4 Å². The number of carbonyl (C=O) groups excluding carboxylic acids is 1. The second-order valence-electron chi connectivity index (χ2n) is 5.96. The molecule has 0 aromatic heterocycles. The summed E-state index contributed by atoms with van der Waals surface area (Å²) in [7, 11) is 1.56. The first kappa shape index (κ1) is 22.4. The maximum absolute atomic E-state index is 11.2. The van der Waals surface area contributed by atoms with E-state index in [1.165, 1.54) is 6.21 Å². The monoisotopic (exact) mass is 420 g/mol. The van der Waals surface area contributed by atoms with Gasteiger partial charge in [-0.15, -0.1) is 0 Å². The molecule has 0 atom stereocenters. The highest BCUT2D eigenvalue weighted by Crippen LogP contribution is 2.27. The van der Waals surface area contributed by atoms with E-state index in [-0.39, 0.29) is 6.61 Å². The predicted molar refractivity (Wildman–Crippen MR) is 113 cm³/mol. The van der Waals surface area contributed by atoms with E-state index in [1.807, 2.05) is 25.1 Å². The molecule has 0 aliphatic heterocycles. The van der Waals surface area contributed by atoms with Gasteiger partial charge in [0, 0.05) is 11.4 Å². The molecule has 2 aromatic carbocycles. The number of carbonyl (C=O) groups is 1. The lowest BCUT2D eigenvalue weighted by Gasteiger charge is -2.12. The molecule has 2 rings (SSSR count). The van der Waals surface area contributed by atoms with Crippen LogP contribution in [0.2, 0.25) is 5.02 Å². The van der Waals surface area contributed by atoms with Crippen molar-refractivity contribution < 1.29 is 23.7 Å². The van der Waals surface area contributed by atoms with Crippen LogP contribution in [0, 0.1) is 6.92 Å². The minimum absolute atomic E-state index is 0.283. The number of nitrogens with zero attached hydrogens (tertiary/aromatic N) is 1. The highest BCUT2D eigenvalue weighted by molar-refractivity contribution is 6.31. The zero-order chi connectivity index (χ0) is 21.1. The predicted octanol–water partition coefficient (Wildman–Crippen LogP) is 4.58. The van der Waals surface area contributed by atoms with Crippen molar-refractivity contribution in [2.45, 2.75) is 20.3 Å². The molecular formula is C21H25ClN2O5. The molecule has 0 spiro atoms. The summed E-state index contributed by atoms with van der Waals surface area (Å²) in [6.07, 6.45) is 1.59. The second-order valence-corrected chi connectivity index (χ2v) is 6.37.